The number of allylic oxidation sites excluding steroid dienone is 1. The van der Waals surface area contributed by atoms with E-state index in [2.05, 4.69) is 31.4 Å². The van der Waals surface area contributed by atoms with E-state index in [0.717, 1.165) is 41.8 Å². The second kappa shape index (κ2) is 11.8. The molecule has 8 heteroatoms. The summed E-state index contributed by atoms with van der Waals surface area (Å²) in [6.07, 6.45) is 5.70. The third kappa shape index (κ3) is 6.68. The molecule has 0 saturated heterocycles. The smallest absolute Gasteiger partial charge is 0.344 e. The first kappa shape index (κ1) is 26.8. The molecule has 2 aromatic heterocycles. The fraction of sp³-hybridized carbons (Fsp3) is 0.214. The van der Waals surface area contributed by atoms with Gasteiger partial charge in [-0.05, 0) is 57.2 Å². The Bertz CT molecular complexity index is 1490. The lowest BCUT2D eigenvalue weighted by molar-refractivity contribution is -0.686. The Morgan fingerprint density at radius 3 is 2.19 bits per heavy atom. The van der Waals surface area contributed by atoms with Gasteiger partial charge in [0.05, 0.1) is 10.5 Å². The Labute approximate surface area is 211 Å². The average molecular weight is 507 g/mol. The molecule has 0 radical (unpaired) electrons. The number of rotatable bonds is 7. The lowest BCUT2D eigenvalue weighted by Crippen LogP contribution is -2.31. The number of aryl methyl sites for hydroxylation is 1. The summed E-state index contributed by atoms with van der Waals surface area (Å²) in [7, 11) is -4.27. The van der Waals surface area contributed by atoms with Crippen molar-refractivity contribution in [2.45, 2.75) is 32.2 Å². The number of benzene rings is 2. The van der Waals surface area contributed by atoms with E-state index in [1.165, 1.54) is 12.1 Å². The average Bonchev–Trinajstić information content (AvgIpc) is 2.85. The molecule has 0 aliphatic carbocycles. The summed E-state index contributed by atoms with van der Waals surface area (Å²) in [5, 5.41) is 0.924. The quantitative estimate of drug-likeness (QED) is 0.156. The largest absolute Gasteiger partial charge is 0.744 e. The second-order valence-corrected chi connectivity index (χ2v) is 9.56. The molecule has 2 heterocycles. The minimum atomic E-state index is -4.27. The first-order chi connectivity index (χ1) is 17.2. The van der Waals surface area contributed by atoms with Crippen LogP contribution < -0.4 is 15.1 Å². The van der Waals surface area contributed by atoms with E-state index in [1.54, 1.807) is 12.1 Å². The summed E-state index contributed by atoms with van der Waals surface area (Å²) < 4.78 is 38.8. The summed E-state index contributed by atoms with van der Waals surface area (Å²) in [6, 6.07) is 17.6. The van der Waals surface area contributed by atoms with Crippen molar-refractivity contribution in [3.8, 4) is 11.1 Å². The topological polar surface area (TPSA) is 94.5 Å². The van der Waals surface area contributed by atoms with Crippen LogP contribution >= 0.6 is 0 Å². The van der Waals surface area contributed by atoms with Crippen LogP contribution in [0.5, 0.6) is 0 Å². The maximum Gasteiger partial charge on any atom is 0.344 e. The minimum absolute atomic E-state index is 0.178. The Hall–Kier alpha value is -3.75. The second-order valence-electron chi connectivity index (χ2n) is 8.18. The van der Waals surface area contributed by atoms with Gasteiger partial charge in [0.1, 0.15) is 15.7 Å². The van der Waals surface area contributed by atoms with Gasteiger partial charge in [0.25, 0.3) is 0 Å². The molecule has 0 unspecified atom stereocenters. The summed E-state index contributed by atoms with van der Waals surface area (Å²) in [5.41, 5.74) is 3.73. The van der Waals surface area contributed by atoms with Gasteiger partial charge < -0.3 is 13.9 Å². The summed E-state index contributed by atoms with van der Waals surface area (Å²) in [6.45, 7) is 12.3. The van der Waals surface area contributed by atoms with Crippen LogP contribution in [0.1, 0.15) is 19.4 Å². The zero-order valence-electron chi connectivity index (χ0n) is 20.7. The van der Waals surface area contributed by atoms with Crippen molar-refractivity contribution in [3.05, 3.63) is 102 Å². The van der Waals surface area contributed by atoms with Crippen molar-refractivity contribution in [2.24, 2.45) is 0 Å². The molecule has 4 aromatic rings. The van der Waals surface area contributed by atoms with Crippen LogP contribution in [-0.2, 0) is 16.7 Å². The molecule has 2 aromatic carbocycles. The lowest BCUT2D eigenvalue weighted by atomic mass is 10.1. The molecule has 4 rings (SSSR count). The first-order valence-corrected chi connectivity index (χ1v) is 13.0. The molecule has 0 fully saturated rings. The Morgan fingerprint density at radius 1 is 1.00 bits per heavy atom. The summed E-state index contributed by atoms with van der Waals surface area (Å²) >= 11 is 0. The third-order valence-electron chi connectivity index (χ3n) is 5.70. The monoisotopic (exact) mass is 506 g/mol. The molecule has 0 aliphatic rings. The molecule has 36 heavy (non-hydrogen) atoms. The zero-order chi connectivity index (χ0) is 26.3. The van der Waals surface area contributed by atoms with Gasteiger partial charge in [-0.1, -0.05) is 24.3 Å². The summed E-state index contributed by atoms with van der Waals surface area (Å²) in [4.78, 5) is 14.5. The maximum atomic E-state index is 12.5. The van der Waals surface area contributed by atoms with Crippen molar-refractivity contribution in [1.29, 1.82) is 0 Å². The van der Waals surface area contributed by atoms with Gasteiger partial charge in [0.2, 0.25) is 0 Å². The van der Waals surface area contributed by atoms with Crippen LogP contribution in [0.15, 0.2) is 99.8 Å². The van der Waals surface area contributed by atoms with Gasteiger partial charge in [-0.25, -0.2) is 17.8 Å². The van der Waals surface area contributed by atoms with Crippen LogP contribution in [0.3, 0.4) is 0 Å². The minimum Gasteiger partial charge on any atom is -0.744 e. The highest BCUT2D eigenvalue weighted by atomic mass is 32.2. The van der Waals surface area contributed by atoms with Crippen molar-refractivity contribution in [3.63, 3.8) is 0 Å². The predicted octanol–water partition coefficient (Wildman–Crippen LogP) is 4.68. The van der Waals surface area contributed by atoms with Gasteiger partial charge in [0.15, 0.2) is 18.9 Å². The zero-order valence-corrected chi connectivity index (χ0v) is 21.5. The van der Waals surface area contributed by atoms with E-state index >= 15 is 0 Å². The number of nitrogens with zero attached hydrogens (tertiary/aromatic N) is 2. The fourth-order valence-electron chi connectivity index (χ4n) is 3.70. The lowest BCUT2D eigenvalue weighted by Gasteiger charge is -2.21. The van der Waals surface area contributed by atoms with Crippen LogP contribution in [0, 0.1) is 6.92 Å². The number of hydrogen-bond donors (Lipinski definition) is 0. The Kier molecular flexibility index (Phi) is 8.79. The molecular formula is C28H30N2O5S. The van der Waals surface area contributed by atoms with E-state index in [9.17, 15) is 17.8 Å². The number of anilines is 1. The van der Waals surface area contributed by atoms with Crippen molar-refractivity contribution in [1.82, 2.24) is 0 Å². The normalized spacial score (nSPS) is 11.0. The highest BCUT2D eigenvalue weighted by molar-refractivity contribution is 7.85. The number of fused-ring (bicyclic) bond motifs is 1. The van der Waals surface area contributed by atoms with Gasteiger partial charge in [-0.3, -0.25) is 0 Å². The predicted molar refractivity (Wildman–Crippen MR) is 141 cm³/mol. The van der Waals surface area contributed by atoms with Crippen molar-refractivity contribution < 1.29 is 22.0 Å². The highest BCUT2D eigenvalue weighted by Gasteiger charge is 2.11. The van der Waals surface area contributed by atoms with Gasteiger partial charge in [-0.2, -0.15) is 0 Å². The summed E-state index contributed by atoms with van der Waals surface area (Å²) in [5.74, 6) is 0. The van der Waals surface area contributed by atoms with Crippen molar-refractivity contribution >= 4 is 26.8 Å². The van der Waals surface area contributed by atoms with Gasteiger partial charge in [-0.15, -0.1) is 0 Å². The van der Waals surface area contributed by atoms with E-state index in [1.807, 2.05) is 60.3 Å². The molecular weight excluding hydrogens is 476 g/mol. The van der Waals surface area contributed by atoms with E-state index in [0.29, 0.717) is 11.1 Å². The number of aromatic nitrogens is 1. The Morgan fingerprint density at radius 2 is 1.64 bits per heavy atom. The molecule has 0 bridgehead atoms. The molecule has 0 aliphatic heterocycles. The van der Waals surface area contributed by atoms with E-state index < -0.39 is 10.1 Å². The molecule has 0 N–H and O–H groups in total. The molecule has 188 valence electrons. The molecule has 7 nitrogen and oxygen atoms in total. The maximum absolute atomic E-state index is 12.5. The van der Waals surface area contributed by atoms with Gasteiger partial charge in [0, 0.05) is 47.9 Å². The van der Waals surface area contributed by atoms with E-state index in [4.69, 9.17) is 4.42 Å². The molecule has 0 atom stereocenters. The third-order valence-corrected chi connectivity index (χ3v) is 6.55. The first-order valence-electron chi connectivity index (χ1n) is 11.6. The van der Waals surface area contributed by atoms with Crippen LogP contribution in [0.2, 0.25) is 0 Å². The Balaban J connectivity index is 0.000000275. The number of pyridine rings is 1. The SMILES string of the molecule is C=CC[n+]1ccc(-c2cc3ccc(N(CC)CC)cc3oc2=O)cc1.Cc1ccc(S(=O)(=O)[O-])cc1. The van der Waals surface area contributed by atoms with Crippen LogP contribution in [0.25, 0.3) is 22.1 Å². The van der Waals surface area contributed by atoms with Crippen LogP contribution in [-0.4, -0.2) is 26.1 Å². The van der Waals surface area contributed by atoms with E-state index in [-0.39, 0.29) is 10.5 Å². The molecule has 0 saturated carbocycles. The standard InChI is InChI=1S/C21H23N2O2.C7H8O3S/c1-4-11-22-12-9-16(10-13-22)19-14-17-7-8-18(23(5-2)6-3)15-20(17)25-21(19)24;1-6-2-4-7(5-3-6)11(8,9)10/h4,7-10,12-15H,1,5-6,11H2,2-3H3;2-5H,1H3,(H,8,9,10)/q+1;/p-1. The van der Waals surface area contributed by atoms with Gasteiger partial charge >= 0.3 is 5.63 Å². The molecule has 0 amide bonds. The number of hydrogen-bond acceptors (Lipinski definition) is 6. The fourth-order valence-corrected chi connectivity index (χ4v) is 4.17. The van der Waals surface area contributed by atoms with Crippen LogP contribution in [0.4, 0.5) is 5.69 Å². The van der Waals surface area contributed by atoms with Crippen molar-refractivity contribution in [2.75, 3.05) is 18.0 Å². The highest BCUT2D eigenvalue weighted by Crippen LogP contribution is 2.24. The molecule has 0 spiro atoms.